The molecule has 1 saturated heterocycles. The lowest BCUT2D eigenvalue weighted by molar-refractivity contribution is 0.190. The fraction of sp³-hybridized carbons (Fsp3) is 0.429. The summed E-state index contributed by atoms with van der Waals surface area (Å²) in [7, 11) is 1.60. The molecule has 128 valence electrons. The van der Waals surface area contributed by atoms with Crippen LogP contribution in [0.3, 0.4) is 0 Å². The second-order valence-electron chi connectivity index (χ2n) is 6.71. The Bertz CT molecular complexity index is 666. The minimum absolute atomic E-state index is 0.270. The van der Waals surface area contributed by atoms with E-state index in [1.807, 2.05) is 12.1 Å². The molecule has 0 aromatic heterocycles. The molecule has 1 N–H and O–H groups in total. The van der Waals surface area contributed by atoms with Crippen molar-refractivity contribution in [2.75, 3.05) is 13.7 Å². The Morgan fingerprint density at radius 1 is 1.08 bits per heavy atom. The Kier molecular flexibility index (Phi) is 5.41. The summed E-state index contributed by atoms with van der Waals surface area (Å²) in [6.07, 6.45) is 4.93. The molecule has 0 amide bonds. The van der Waals surface area contributed by atoms with Crippen LogP contribution in [-0.2, 0) is 6.54 Å². The predicted molar refractivity (Wildman–Crippen MR) is 97.5 cm³/mol. The number of hydrogen-bond donors (Lipinski definition) is 1. The van der Waals surface area contributed by atoms with Gasteiger partial charge in [0, 0.05) is 18.2 Å². The van der Waals surface area contributed by atoms with Crippen molar-refractivity contribution < 1.29 is 9.84 Å². The molecule has 3 heteroatoms. The zero-order chi connectivity index (χ0) is 16.9. The van der Waals surface area contributed by atoms with E-state index < -0.39 is 0 Å². The van der Waals surface area contributed by atoms with Gasteiger partial charge in [0.25, 0.3) is 0 Å². The van der Waals surface area contributed by atoms with Crippen LogP contribution in [0.1, 0.15) is 48.4 Å². The first-order chi connectivity index (χ1) is 11.7. The third-order valence-corrected chi connectivity index (χ3v) is 5.00. The van der Waals surface area contributed by atoms with Gasteiger partial charge < -0.3 is 9.84 Å². The number of phenols is 1. The molecule has 1 heterocycles. The van der Waals surface area contributed by atoms with E-state index in [2.05, 4.69) is 36.1 Å². The van der Waals surface area contributed by atoms with E-state index in [1.54, 1.807) is 13.2 Å². The van der Waals surface area contributed by atoms with Gasteiger partial charge in [-0.2, -0.15) is 0 Å². The molecule has 0 radical (unpaired) electrons. The summed E-state index contributed by atoms with van der Waals surface area (Å²) in [6, 6.07) is 15.1. The summed E-state index contributed by atoms with van der Waals surface area (Å²) >= 11 is 0. The second kappa shape index (κ2) is 7.71. The standard InChI is InChI=1S/C21H27NO2/c1-16-10-12-17(13-11-16)19-8-4-3-5-14-22(19)15-18-7-6-9-20(24-2)21(18)23/h6-7,9-13,19,23H,3-5,8,14-15H2,1-2H3/t19-/m1/s1. The molecular formula is C21H27NO2. The van der Waals surface area contributed by atoms with Gasteiger partial charge in [-0.1, -0.05) is 54.8 Å². The average molecular weight is 325 g/mol. The third-order valence-electron chi connectivity index (χ3n) is 5.00. The summed E-state index contributed by atoms with van der Waals surface area (Å²) in [5.41, 5.74) is 3.61. The fourth-order valence-corrected chi connectivity index (χ4v) is 3.60. The summed E-state index contributed by atoms with van der Waals surface area (Å²) in [5.74, 6) is 0.820. The van der Waals surface area contributed by atoms with Gasteiger partial charge in [0.2, 0.25) is 0 Å². The van der Waals surface area contributed by atoms with E-state index in [0.717, 1.165) is 18.7 Å². The van der Waals surface area contributed by atoms with E-state index in [-0.39, 0.29) is 5.75 Å². The molecule has 0 bridgehead atoms. The Hall–Kier alpha value is -2.00. The quantitative estimate of drug-likeness (QED) is 0.874. The molecule has 1 aliphatic rings. The monoisotopic (exact) mass is 325 g/mol. The third kappa shape index (κ3) is 3.73. The Labute approximate surface area is 144 Å². The number of rotatable bonds is 4. The van der Waals surface area contributed by atoms with Gasteiger partial charge in [-0.05, 0) is 37.9 Å². The van der Waals surface area contributed by atoms with Crippen LogP contribution in [0.5, 0.6) is 11.5 Å². The van der Waals surface area contributed by atoms with E-state index in [0.29, 0.717) is 11.8 Å². The van der Waals surface area contributed by atoms with Crippen LogP contribution < -0.4 is 4.74 Å². The number of phenolic OH excluding ortho intramolecular Hbond substituents is 1. The summed E-state index contributed by atoms with van der Waals surface area (Å²) < 4.78 is 5.26. The lowest BCUT2D eigenvalue weighted by Gasteiger charge is -2.31. The maximum Gasteiger partial charge on any atom is 0.162 e. The minimum Gasteiger partial charge on any atom is -0.504 e. The molecule has 3 rings (SSSR count). The van der Waals surface area contributed by atoms with E-state index in [9.17, 15) is 5.11 Å². The molecule has 3 nitrogen and oxygen atoms in total. The van der Waals surface area contributed by atoms with Crippen LogP contribution >= 0.6 is 0 Å². The molecule has 1 atom stereocenters. The smallest absolute Gasteiger partial charge is 0.162 e. The van der Waals surface area contributed by atoms with Gasteiger partial charge in [-0.15, -0.1) is 0 Å². The van der Waals surface area contributed by atoms with Crippen molar-refractivity contribution in [2.24, 2.45) is 0 Å². The summed E-state index contributed by atoms with van der Waals surface area (Å²) in [4.78, 5) is 2.51. The van der Waals surface area contributed by atoms with Crippen LogP contribution in [0.15, 0.2) is 42.5 Å². The Balaban J connectivity index is 1.86. The zero-order valence-corrected chi connectivity index (χ0v) is 14.7. The minimum atomic E-state index is 0.270. The molecule has 0 saturated carbocycles. The number of aromatic hydroxyl groups is 1. The summed E-state index contributed by atoms with van der Waals surface area (Å²) in [5, 5.41) is 10.4. The normalized spacial score (nSPS) is 19.0. The van der Waals surface area contributed by atoms with Crippen molar-refractivity contribution in [1.29, 1.82) is 0 Å². The molecule has 0 unspecified atom stereocenters. The largest absolute Gasteiger partial charge is 0.504 e. The number of methoxy groups -OCH3 is 1. The topological polar surface area (TPSA) is 32.7 Å². The SMILES string of the molecule is COc1cccc(CN2CCCCC[C@@H]2c2ccc(C)cc2)c1O. The van der Waals surface area contributed by atoms with Crippen LogP contribution in [0, 0.1) is 6.92 Å². The maximum atomic E-state index is 10.4. The summed E-state index contributed by atoms with van der Waals surface area (Å²) in [6.45, 7) is 3.94. The lowest BCUT2D eigenvalue weighted by Crippen LogP contribution is -2.28. The molecule has 24 heavy (non-hydrogen) atoms. The van der Waals surface area contributed by atoms with Crippen LogP contribution in [-0.4, -0.2) is 23.7 Å². The number of para-hydroxylation sites is 1. The Morgan fingerprint density at radius 2 is 1.88 bits per heavy atom. The predicted octanol–water partition coefficient (Wildman–Crippen LogP) is 4.83. The van der Waals surface area contributed by atoms with Crippen molar-refractivity contribution in [1.82, 2.24) is 4.90 Å². The van der Waals surface area contributed by atoms with Crippen molar-refractivity contribution >= 4 is 0 Å². The van der Waals surface area contributed by atoms with Gasteiger partial charge in [-0.25, -0.2) is 0 Å². The number of aryl methyl sites for hydroxylation is 1. The fourth-order valence-electron chi connectivity index (χ4n) is 3.60. The van der Waals surface area contributed by atoms with E-state index in [4.69, 9.17) is 4.74 Å². The molecular weight excluding hydrogens is 298 g/mol. The Morgan fingerprint density at radius 3 is 2.62 bits per heavy atom. The molecule has 0 spiro atoms. The van der Waals surface area contributed by atoms with Crippen molar-refractivity contribution in [3.63, 3.8) is 0 Å². The van der Waals surface area contributed by atoms with Crippen molar-refractivity contribution in [2.45, 2.75) is 45.2 Å². The molecule has 2 aromatic rings. The number of ether oxygens (including phenoxy) is 1. The highest BCUT2D eigenvalue weighted by atomic mass is 16.5. The first kappa shape index (κ1) is 16.8. The van der Waals surface area contributed by atoms with Gasteiger partial charge in [0.1, 0.15) is 0 Å². The van der Waals surface area contributed by atoms with Gasteiger partial charge in [-0.3, -0.25) is 4.90 Å². The van der Waals surface area contributed by atoms with Gasteiger partial charge in [0.05, 0.1) is 7.11 Å². The molecule has 0 aliphatic carbocycles. The number of benzene rings is 2. The van der Waals surface area contributed by atoms with Gasteiger partial charge in [0.15, 0.2) is 11.5 Å². The van der Waals surface area contributed by atoms with E-state index >= 15 is 0 Å². The molecule has 1 aliphatic heterocycles. The van der Waals surface area contributed by atoms with Crippen LogP contribution in [0.4, 0.5) is 0 Å². The average Bonchev–Trinajstić information content (AvgIpc) is 2.83. The highest BCUT2D eigenvalue weighted by Crippen LogP contribution is 2.35. The first-order valence-electron chi connectivity index (χ1n) is 8.84. The number of hydrogen-bond acceptors (Lipinski definition) is 3. The maximum absolute atomic E-state index is 10.4. The van der Waals surface area contributed by atoms with Gasteiger partial charge >= 0.3 is 0 Å². The van der Waals surface area contributed by atoms with Crippen LogP contribution in [0.2, 0.25) is 0 Å². The van der Waals surface area contributed by atoms with Crippen molar-refractivity contribution in [3.8, 4) is 11.5 Å². The van der Waals surface area contributed by atoms with Crippen molar-refractivity contribution in [3.05, 3.63) is 59.2 Å². The molecule has 1 fully saturated rings. The number of likely N-dealkylation sites (tertiary alicyclic amines) is 1. The van der Waals surface area contributed by atoms with Crippen LogP contribution in [0.25, 0.3) is 0 Å². The second-order valence-corrected chi connectivity index (χ2v) is 6.71. The zero-order valence-electron chi connectivity index (χ0n) is 14.7. The highest BCUT2D eigenvalue weighted by molar-refractivity contribution is 5.45. The number of nitrogens with zero attached hydrogens (tertiary/aromatic N) is 1. The van der Waals surface area contributed by atoms with E-state index in [1.165, 1.54) is 36.8 Å². The first-order valence-corrected chi connectivity index (χ1v) is 8.84. The lowest BCUT2D eigenvalue weighted by atomic mass is 9.99. The molecule has 2 aromatic carbocycles. The highest BCUT2D eigenvalue weighted by Gasteiger charge is 2.24.